The fourth-order valence-corrected chi connectivity index (χ4v) is 3.39. The van der Waals surface area contributed by atoms with Crippen molar-refractivity contribution in [3.8, 4) is 5.88 Å². The SMILES string of the molecule is Cc1c(O)n(CC2(C)CCCS2)c(=O)[nH]c1=O. The van der Waals surface area contributed by atoms with Gasteiger partial charge in [-0.2, -0.15) is 11.8 Å². The average molecular weight is 256 g/mol. The molecule has 2 heterocycles. The number of H-pyrrole nitrogens is 1. The first-order chi connectivity index (χ1) is 7.93. The molecule has 94 valence electrons. The normalized spacial score (nSPS) is 24.1. The van der Waals surface area contributed by atoms with E-state index in [1.165, 1.54) is 11.5 Å². The smallest absolute Gasteiger partial charge is 0.331 e. The summed E-state index contributed by atoms with van der Waals surface area (Å²) in [7, 11) is 0. The molecule has 1 aliphatic rings. The first-order valence-electron chi connectivity index (χ1n) is 5.60. The molecule has 0 bridgehead atoms. The molecule has 2 rings (SSSR count). The third-order valence-corrected chi connectivity index (χ3v) is 4.71. The predicted octanol–water partition coefficient (Wildman–Crippen LogP) is 0.836. The second-order valence-corrected chi connectivity index (χ2v) is 6.38. The Bertz CT molecular complexity index is 541. The van der Waals surface area contributed by atoms with Crippen molar-refractivity contribution in [1.29, 1.82) is 0 Å². The van der Waals surface area contributed by atoms with E-state index in [4.69, 9.17) is 0 Å². The van der Waals surface area contributed by atoms with Crippen LogP contribution in [0.3, 0.4) is 0 Å². The van der Waals surface area contributed by atoms with E-state index < -0.39 is 11.2 Å². The van der Waals surface area contributed by atoms with E-state index in [2.05, 4.69) is 11.9 Å². The van der Waals surface area contributed by atoms with Crippen molar-refractivity contribution in [1.82, 2.24) is 9.55 Å². The fraction of sp³-hybridized carbons (Fsp3) is 0.636. The minimum Gasteiger partial charge on any atom is -0.494 e. The summed E-state index contributed by atoms with van der Waals surface area (Å²) in [6, 6.07) is 0. The Morgan fingerprint density at radius 1 is 1.53 bits per heavy atom. The van der Waals surface area contributed by atoms with Crippen LogP contribution in [0.1, 0.15) is 25.3 Å². The van der Waals surface area contributed by atoms with Gasteiger partial charge in [0.15, 0.2) is 0 Å². The fourth-order valence-electron chi connectivity index (χ4n) is 2.10. The Morgan fingerprint density at radius 2 is 2.24 bits per heavy atom. The van der Waals surface area contributed by atoms with Crippen LogP contribution in [0.5, 0.6) is 5.88 Å². The molecule has 0 amide bonds. The summed E-state index contributed by atoms with van der Waals surface area (Å²) in [6.07, 6.45) is 2.14. The molecule has 6 heteroatoms. The van der Waals surface area contributed by atoms with Crippen molar-refractivity contribution in [2.24, 2.45) is 0 Å². The lowest BCUT2D eigenvalue weighted by Crippen LogP contribution is -2.36. The van der Waals surface area contributed by atoms with Crippen molar-refractivity contribution in [3.63, 3.8) is 0 Å². The first-order valence-corrected chi connectivity index (χ1v) is 6.58. The lowest BCUT2D eigenvalue weighted by atomic mass is 10.1. The van der Waals surface area contributed by atoms with Crippen molar-refractivity contribution in [2.75, 3.05) is 5.75 Å². The van der Waals surface area contributed by atoms with Crippen molar-refractivity contribution in [3.05, 3.63) is 26.4 Å². The highest BCUT2D eigenvalue weighted by Crippen LogP contribution is 2.39. The number of thioether (sulfide) groups is 1. The van der Waals surface area contributed by atoms with Crippen LogP contribution in [-0.2, 0) is 6.54 Å². The van der Waals surface area contributed by atoms with Crippen molar-refractivity contribution < 1.29 is 5.11 Å². The van der Waals surface area contributed by atoms with E-state index >= 15 is 0 Å². The van der Waals surface area contributed by atoms with Gasteiger partial charge in [-0.1, -0.05) is 0 Å². The quantitative estimate of drug-likeness (QED) is 0.822. The topological polar surface area (TPSA) is 75.1 Å². The maximum absolute atomic E-state index is 11.7. The Balaban J connectivity index is 2.43. The number of hydrogen-bond donors (Lipinski definition) is 2. The monoisotopic (exact) mass is 256 g/mol. The molecular formula is C11H16N2O3S. The molecule has 1 unspecified atom stereocenters. The number of hydrogen-bond acceptors (Lipinski definition) is 4. The Morgan fingerprint density at radius 3 is 2.82 bits per heavy atom. The van der Waals surface area contributed by atoms with Gasteiger partial charge in [-0.05, 0) is 32.4 Å². The number of aromatic hydroxyl groups is 1. The molecule has 0 aromatic carbocycles. The summed E-state index contributed by atoms with van der Waals surface area (Å²) in [4.78, 5) is 25.2. The van der Waals surface area contributed by atoms with Gasteiger partial charge in [0.25, 0.3) is 5.56 Å². The Labute approximate surface area is 103 Å². The summed E-state index contributed by atoms with van der Waals surface area (Å²) in [5, 5.41) is 9.87. The summed E-state index contributed by atoms with van der Waals surface area (Å²) in [5.41, 5.74) is -0.865. The second-order valence-electron chi connectivity index (χ2n) is 4.70. The number of rotatable bonds is 2. The van der Waals surface area contributed by atoms with Gasteiger partial charge < -0.3 is 5.11 Å². The zero-order valence-corrected chi connectivity index (χ0v) is 10.8. The van der Waals surface area contributed by atoms with Gasteiger partial charge in [-0.3, -0.25) is 14.3 Å². The third kappa shape index (κ3) is 2.26. The Kier molecular flexibility index (Phi) is 3.07. The highest BCUT2D eigenvalue weighted by Gasteiger charge is 2.31. The molecule has 1 aromatic heterocycles. The lowest BCUT2D eigenvalue weighted by molar-refractivity contribution is 0.373. The van der Waals surface area contributed by atoms with Crippen molar-refractivity contribution in [2.45, 2.75) is 38.0 Å². The molecule has 5 nitrogen and oxygen atoms in total. The number of nitrogens with zero attached hydrogens (tertiary/aromatic N) is 1. The molecule has 17 heavy (non-hydrogen) atoms. The highest BCUT2D eigenvalue weighted by atomic mass is 32.2. The predicted molar refractivity (Wildman–Crippen MR) is 67.8 cm³/mol. The number of aromatic nitrogens is 2. The molecule has 2 N–H and O–H groups in total. The van der Waals surface area contributed by atoms with Gasteiger partial charge >= 0.3 is 5.69 Å². The van der Waals surface area contributed by atoms with E-state index in [9.17, 15) is 14.7 Å². The van der Waals surface area contributed by atoms with Gasteiger partial charge in [0.1, 0.15) is 0 Å². The summed E-state index contributed by atoms with van der Waals surface area (Å²) < 4.78 is 1.22. The zero-order chi connectivity index (χ0) is 12.6. The molecule has 1 fully saturated rings. The minimum absolute atomic E-state index is 0.0357. The number of nitrogens with one attached hydrogen (secondary N) is 1. The van der Waals surface area contributed by atoms with Crippen LogP contribution in [0.4, 0.5) is 0 Å². The van der Waals surface area contributed by atoms with Gasteiger partial charge in [0, 0.05) is 11.3 Å². The molecule has 0 aliphatic carbocycles. The molecule has 1 atom stereocenters. The van der Waals surface area contributed by atoms with Crippen LogP contribution in [0.25, 0.3) is 0 Å². The van der Waals surface area contributed by atoms with Gasteiger partial charge in [0.2, 0.25) is 5.88 Å². The van der Waals surface area contributed by atoms with Crippen LogP contribution in [-0.4, -0.2) is 25.2 Å². The van der Waals surface area contributed by atoms with Crippen LogP contribution < -0.4 is 11.2 Å². The second kappa shape index (κ2) is 4.25. The maximum atomic E-state index is 11.7. The summed E-state index contributed by atoms with van der Waals surface area (Å²) in [5.74, 6) is 0.862. The van der Waals surface area contributed by atoms with Gasteiger partial charge in [-0.25, -0.2) is 4.79 Å². The van der Waals surface area contributed by atoms with Crippen molar-refractivity contribution >= 4 is 11.8 Å². The maximum Gasteiger partial charge on any atom is 0.331 e. The lowest BCUT2D eigenvalue weighted by Gasteiger charge is -2.24. The number of aromatic amines is 1. The largest absolute Gasteiger partial charge is 0.494 e. The average Bonchev–Trinajstić information content (AvgIpc) is 2.69. The van der Waals surface area contributed by atoms with E-state index in [1.807, 2.05) is 0 Å². The van der Waals surface area contributed by atoms with Crippen LogP contribution in [0.2, 0.25) is 0 Å². The standard InChI is InChI=1S/C11H16N2O3S/c1-7-8(14)12-10(16)13(9(7)15)6-11(2)4-3-5-17-11/h15H,3-6H2,1-2H3,(H,12,14,16). The molecule has 0 saturated carbocycles. The van der Waals surface area contributed by atoms with Gasteiger partial charge in [-0.15, -0.1) is 0 Å². The highest BCUT2D eigenvalue weighted by molar-refractivity contribution is 8.00. The van der Waals surface area contributed by atoms with Crippen LogP contribution in [0, 0.1) is 6.92 Å². The summed E-state index contributed by atoms with van der Waals surface area (Å²) >= 11 is 1.80. The van der Waals surface area contributed by atoms with E-state index in [-0.39, 0.29) is 16.2 Å². The molecule has 1 saturated heterocycles. The zero-order valence-electron chi connectivity index (χ0n) is 9.95. The molecular weight excluding hydrogens is 240 g/mol. The molecule has 1 aromatic rings. The minimum atomic E-state index is -0.535. The van der Waals surface area contributed by atoms with Crippen LogP contribution in [0.15, 0.2) is 9.59 Å². The van der Waals surface area contributed by atoms with Crippen LogP contribution >= 0.6 is 11.8 Å². The summed E-state index contributed by atoms with van der Waals surface area (Å²) in [6.45, 7) is 4.02. The molecule has 1 aliphatic heterocycles. The third-order valence-electron chi connectivity index (χ3n) is 3.19. The van der Waals surface area contributed by atoms with E-state index in [0.29, 0.717) is 6.54 Å². The van der Waals surface area contributed by atoms with E-state index in [0.717, 1.165) is 18.6 Å². The molecule has 0 spiro atoms. The Hall–Kier alpha value is -1.17. The van der Waals surface area contributed by atoms with E-state index in [1.54, 1.807) is 11.8 Å². The first kappa shape index (κ1) is 12.3. The molecule has 0 radical (unpaired) electrons. The van der Waals surface area contributed by atoms with Gasteiger partial charge in [0.05, 0.1) is 5.56 Å².